The minimum atomic E-state index is -0.546. The lowest BCUT2D eigenvalue weighted by Gasteiger charge is -2.10. The van der Waals surface area contributed by atoms with Crippen LogP contribution in [0, 0.1) is 0 Å². The topological polar surface area (TPSA) is 83.4 Å². The molecule has 0 saturated heterocycles. The number of rotatable bonds is 2. The second-order valence-corrected chi connectivity index (χ2v) is 5.54. The van der Waals surface area contributed by atoms with Crippen LogP contribution in [-0.2, 0) is 0 Å². The smallest absolute Gasteiger partial charge is 0.293 e. The van der Waals surface area contributed by atoms with Crippen LogP contribution in [0.3, 0.4) is 0 Å². The van der Waals surface area contributed by atoms with Gasteiger partial charge in [-0.1, -0.05) is 23.7 Å². The van der Waals surface area contributed by atoms with Crippen molar-refractivity contribution in [2.24, 2.45) is 0 Å². The molecule has 0 spiro atoms. The third-order valence-electron chi connectivity index (χ3n) is 2.43. The highest BCUT2D eigenvalue weighted by Gasteiger charge is 2.13. The molecule has 0 bridgehead atoms. The maximum absolute atomic E-state index is 11.9. The van der Waals surface area contributed by atoms with Gasteiger partial charge in [0.25, 0.3) is 11.8 Å². The van der Waals surface area contributed by atoms with Crippen molar-refractivity contribution < 1.29 is 14.0 Å². The minimum Gasteiger partial charge on any atom is -0.444 e. The Balaban J connectivity index is 1.87. The molecule has 0 fully saturated rings. The van der Waals surface area contributed by atoms with E-state index < -0.39 is 11.8 Å². The number of hydrogen-bond acceptors (Lipinski definition) is 4. The van der Waals surface area contributed by atoms with Crippen LogP contribution in [0.5, 0.6) is 0 Å². The molecule has 1 heterocycles. The van der Waals surface area contributed by atoms with E-state index in [1.807, 2.05) is 0 Å². The number of benzene rings is 1. The van der Waals surface area contributed by atoms with E-state index in [0.717, 1.165) is 0 Å². The Morgan fingerprint density at radius 3 is 2.45 bits per heavy atom. The zero-order valence-electron chi connectivity index (χ0n) is 10.9. The van der Waals surface area contributed by atoms with Crippen molar-refractivity contribution in [2.75, 3.05) is 0 Å². The Morgan fingerprint density at radius 1 is 1.09 bits per heavy atom. The summed E-state index contributed by atoms with van der Waals surface area (Å²) in [5.74, 6) is -0.952. The van der Waals surface area contributed by atoms with Crippen molar-refractivity contribution in [3.05, 3.63) is 57.4 Å². The first-order valence-electron chi connectivity index (χ1n) is 5.89. The Kier molecular flexibility index (Phi) is 5.53. The summed E-state index contributed by atoms with van der Waals surface area (Å²) in [7, 11) is 0. The summed E-state index contributed by atoms with van der Waals surface area (Å²) >= 11 is 13.9. The molecule has 3 N–H and O–H groups in total. The second kappa shape index (κ2) is 7.39. The van der Waals surface area contributed by atoms with E-state index in [1.165, 1.54) is 6.07 Å². The predicted octanol–water partition coefficient (Wildman–Crippen LogP) is 2.64. The van der Waals surface area contributed by atoms with Crippen molar-refractivity contribution in [2.45, 2.75) is 0 Å². The highest BCUT2D eigenvalue weighted by atomic mass is 79.9. The highest BCUT2D eigenvalue weighted by molar-refractivity contribution is 9.10. The molecule has 1 aromatic heterocycles. The molecule has 0 saturated carbocycles. The van der Waals surface area contributed by atoms with E-state index in [1.54, 1.807) is 30.3 Å². The van der Waals surface area contributed by atoms with Crippen molar-refractivity contribution >= 4 is 56.7 Å². The lowest BCUT2D eigenvalue weighted by atomic mass is 10.2. The molecule has 0 aliphatic heterocycles. The van der Waals surface area contributed by atoms with Crippen LogP contribution in [0.25, 0.3) is 0 Å². The largest absolute Gasteiger partial charge is 0.444 e. The number of thiocarbonyl (C=S) groups is 1. The van der Waals surface area contributed by atoms with Crippen molar-refractivity contribution in [3.63, 3.8) is 0 Å². The van der Waals surface area contributed by atoms with Gasteiger partial charge < -0.3 is 4.42 Å². The Bertz CT molecular complexity index is 735. The summed E-state index contributed by atoms with van der Waals surface area (Å²) in [6, 6.07) is 9.58. The molecule has 6 nitrogen and oxygen atoms in total. The number of furan rings is 1. The van der Waals surface area contributed by atoms with E-state index in [4.69, 9.17) is 28.2 Å². The van der Waals surface area contributed by atoms with Gasteiger partial charge in [-0.25, -0.2) is 0 Å². The molecular weight excluding hydrogens is 394 g/mol. The molecule has 22 heavy (non-hydrogen) atoms. The highest BCUT2D eigenvalue weighted by Crippen LogP contribution is 2.14. The van der Waals surface area contributed by atoms with Gasteiger partial charge in [0.05, 0.1) is 10.6 Å². The number of amides is 2. The maximum Gasteiger partial charge on any atom is 0.293 e. The van der Waals surface area contributed by atoms with E-state index in [-0.39, 0.29) is 16.4 Å². The SMILES string of the molecule is O=C(NC(=S)NNC(=O)c1ccccc1Cl)c1ccc(Br)o1. The quantitative estimate of drug-likeness (QED) is 0.531. The molecule has 2 amide bonds. The standard InChI is InChI=1S/C13H9BrClN3O3S/c14-10-6-5-9(21-10)12(20)16-13(22)18-17-11(19)7-3-1-2-4-8(7)15/h1-6H,(H,17,19)(H2,16,18,20,22). The van der Waals surface area contributed by atoms with Crippen LogP contribution < -0.4 is 16.2 Å². The van der Waals surface area contributed by atoms with Gasteiger partial charge in [-0.05, 0) is 52.4 Å². The summed E-state index contributed by atoms with van der Waals surface area (Å²) < 4.78 is 5.49. The lowest BCUT2D eigenvalue weighted by Crippen LogP contribution is -2.48. The van der Waals surface area contributed by atoms with Gasteiger partial charge in [-0.15, -0.1) is 0 Å². The first-order valence-corrected chi connectivity index (χ1v) is 7.47. The molecule has 0 aliphatic carbocycles. The Hall–Kier alpha value is -1.90. The summed E-state index contributed by atoms with van der Waals surface area (Å²) in [6.07, 6.45) is 0. The first kappa shape index (κ1) is 16.5. The summed E-state index contributed by atoms with van der Waals surface area (Å²) in [5.41, 5.74) is 5.01. The third-order valence-corrected chi connectivity index (χ3v) is 3.39. The Morgan fingerprint density at radius 2 is 1.82 bits per heavy atom. The van der Waals surface area contributed by atoms with E-state index in [0.29, 0.717) is 9.69 Å². The summed E-state index contributed by atoms with van der Waals surface area (Å²) in [6.45, 7) is 0. The molecule has 2 rings (SSSR count). The zero-order chi connectivity index (χ0) is 16.1. The fourth-order valence-electron chi connectivity index (χ4n) is 1.46. The molecule has 0 radical (unpaired) electrons. The summed E-state index contributed by atoms with van der Waals surface area (Å²) in [5, 5.41) is 2.57. The molecule has 114 valence electrons. The van der Waals surface area contributed by atoms with Crippen molar-refractivity contribution in [1.82, 2.24) is 16.2 Å². The van der Waals surface area contributed by atoms with E-state index in [9.17, 15) is 9.59 Å². The number of hydrazine groups is 1. The van der Waals surface area contributed by atoms with E-state index in [2.05, 4.69) is 32.1 Å². The fourth-order valence-corrected chi connectivity index (χ4v) is 2.13. The Labute approximate surface area is 144 Å². The molecule has 0 atom stereocenters. The number of nitrogens with one attached hydrogen (secondary N) is 3. The van der Waals surface area contributed by atoms with Gasteiger partial charge in [0, 0.05) is 0 Å². The number of carbonyl (C=O) groups excluding carboxylic acids is 2. The zero-order valence-corrected chi connectivity index (χ0v) is 14.0. The molecule has 1 aromatic carbocycles. The minimum absolute atomic E-state index is 0.0773. The van der Waals surface area contributed by atoms with Gasteiger partial charge in [-0.3, -0.25) is 25.8 Å². The van der Waals surface area contributed by atoms with Crippen LogP contribution >= 0.6 is 39.7 Å². The van der Waals surface area contributed by atoms with E-state index >= 15 is 0 Å². The second-order valence-electron chi connectivity index (χ2n) is 3.95. The average molecular weight is 403 g/mol. The van der Waals surface area contributed by atoms with Gasteiger partial charge in [0.2, 0.25) is 0 Å². The first-order chi connectivity index (χ1) is 10.5. The molecule has 2 aromatic rings. The van der Waals surface area contributed by atoms with Crippen LogP contribution in [0.15, 0.2) is 45.5 Å². The molecule has 9 heteroatoms. The maximum atomic E-state index is 11.9. The molecule has 0 unspecified atom stereocenters. The van der Waals surface area contributed by atoms with Crippen molar-refractivity contribution in [1.29, 1.82) is 0 Å². The van der Waals surface area contributed by atoms with Crippen LogP contribution in [0.4, 0.5) is 0 Å². The third kappa shape index (κ3) is 4.30. The lowest BCUT2D eigenvalue weighted by molar-refractivity contribution is 0.0926. The van der Waals surface area contributed by atoms with Crippen LogP contribution in [0.2, 0.25) is 5.02 Å². The predicted molar refractivity (Wildman–Crippen MR) is 88.5 cm³/mol. The average Bonchev–Trinajstić information content (AvgIpc) is 2.92. The van der Waals surface area contributed by atoms with Gasteiger partial charge in [0.1, 0.15) is 0 Å². The number of halogens is 2. The number of carbonyl (C=O) groups is 2. The monoisotopic (exact) mass is 401 g/mol. The van der Waals surface area contributed by atoms with Crippen molar-refractivity contribution in [3.8, 4) is 0 Å². The van der Waals surface area contributed by atoms with Gasteiger partial charge in [0.15, 0.2) is 15.5 Å². The number of hydrogen-bond donors (Lipinski definition) is 3. The van der Waals surface area contributed by atoms with Crippen LogP contribution in [0.1, 0.15) is 20.9 Å². The molecular formula is C13H9BrClN3O3S. The molecule has 0 aliphatic rings. The normalized spacial score (nSPS) is 9.91. The fraction of sp³-hybridized carbons (Fsp3) is 0. The summed E-state index contributed by atoms with van der Waals surface area (Å²) in [4.78, 5) is 23.6. The van der Waals surface area contributed by atoms with Gasteiger partial charge >= 0.3 is 0 Å². The van der Waals surface area contributed by atoms with Crippen LogP contribution in [-0.4, -0.2) is 16.9 Å². The van der Waals surface area contributed by atoms with Gasteiger partial charge in [-0.2, -0.15) is 0 Å².